The summed E-state index contributed by atoms with van der Waals surface area (Å²) in [5.74, 6) is -1.02. The molecule has 0 bridgehead atoms. The zero-order valence-corrected chi connectivity index (χ0v) is 8.76. The van der Waals surface area contributed by atoms with Gasteiger partial charge in [-0.05, 0) is 29.7 Å². The van der Waals surface area contributed by atoms with Crippen molar-refractivity contribution in [2.24, 2.45) is 0 Å². The number of hydrogen-bond acceptors (Lipinski definition) is 4. The predicted octanol–water partition coefficient (Wildman–Crippen LogP) is 2.86. The van der Waals surface area contributed by atoms with Crippen LogP contribution >= 0.6 is 11.3 Å². The van der Waals surface area contributed by atoms with Gasteiger partial charge >= 0.3 is 12.6 Å². The van der Waals surface area contributed by atoms with Crippen LogP contribution in [0.25, 0.3) is 10.1 Å². The Kier molecular flexibility index (Phi) is 2.74. The first-order chi connectivity index (χ1) is 7.56. The molecule has 1 aromatic heterocycles. The molecule has 0 fully saturated rings. The van der Waals surface area contributed by atoms with Crippen molar-refractivity contribution in [1.82, 2.24) is 0 Å². The Morgan fingerprint density at radius 2 is 2.12 bits per heavy atom. The van der Waals surface area contributed by atoms with Crippen molar-refractivity contribution in [2.45, 2.75) is 6.61 Å². The summed E-state index contributed by atoms with van der Waals surface area (Å²) in [7, 11) is 0. The average molecular weight is 243 g/mol. The largest absolute Gasteiger partial charge is 0.399 e. The third-order valence-electron chi connectivity index (χ3n) is 1.94. The first-order valence-electron chi connectivity index (χ1n) is 4.34. The third-order valence-corrected chi connectivity index (χ3v) is 3.03. The average Bonchev–Trinajstić information content (AvgIpc) is 2.59. The van der Waals surface area contributed by atoms with Gasteiger partial charge in [0.15, 0.2) is 0 Å². The molecule has 0 atom stereocenters. The summed E-state index contributed by atoms with van der Waals surface area (Å²) < 4.78 is 28.3. The number of benzene rings is 1. The molecule has 84 valence electrons. The Morgan fingerprint density at radius 3 is 2.81 bits per heavy atom. The lowest BCUT2D eigenvalue weighted by Crippen LogP contribution is -2.07. The first kappa shape index (κ1) is 10.8. The van der Waals surface area contributed by atoms with E-state index < -0.39 is 12.6 Å². The molecule has 2 rings (SSSR count). The Hall–Kier alpha value is -1.69. The summed E-state index contributed by atoms with van der Waals surface area (Å²) in [6, 6.07) is 6.57. The number of anilines is 1. The van der Waals surface area contributed by atoms with Gasteiger partial charge in [0, 0.05) is 10.4 Å². The number of hydrogen-bond donors (Lipinski definition) is 1. The number of carbonyl (C=O) groups excluding carboxylic acids is 1. The normalized spacial score (nSPS) is 10.9. The van der Waals surface area contributed by atoms with Crippen LogP contribution in [0.5, 0.6) is 0 Å². The van der Waals surface area contributed by atoms with Crippen molar-refractivity contribution in [1.29, 1.82) is 0 Å². The molecule has 0 saturated carbocycles. The number of esters is 1. The van der Waals surface area contributed by atoms with Crippen molar-refractivity contribution < 1.29 is 18.3 Å². The number of fused-ring (bicyclic) bond motifs is 1. The van der Waals surface area contributed by atoms with E-state index in [4.69, 9.17) is 5.73 Å². The van der Waals surface area contributed by atoms with Crippen molar-refractivity contribution in [3.05, 3.63) is 29.1 Å². The molecule has 0 saturated heterocycles. The first-order valence-corrected chi connectivity index (χ1v) is 5.16. The standard InChI is InChI=1S/C10H7F2NO2S/c11-10(12)15-9(14)8-4-5-3-6(13)1-2-7(5)16-8/h1-4,10H,13H2. The van der Waals surface area contributed by atoms with Crippen LogP contribution < -0.4 is 5.73 Å². The molecule has 0 radical (unpaired) electrons. The van der Waals surface area contributed by atoms with Gasteiger partial charge in [-0.2, -0.15) is 8.78 Å². The second-order valence-corrected chi connectivity index (χ2v) is 4.16. The van der Waals surface area contributed by atoms with Gasteiger partial charge in [0.1, 0.15) is 4.88 Å². The van der Waals surface area contributed by atoms with Crippen LogP contribution in [-0.4, -0.2) is 12.6 Å². The molecule has 2 aromatic rings. The number of thiophene rings is 1. The number of halogens is 2. The molecule has 3 nitrogen and oxygen atoms in total. The van der Waals surface area contributed by atoms with E-state index in [9.17, 15) is 13.6 Å². The lowest BCUT2D eigenvalue weighted by Gasteiger charge is -1.98. The van der Waals surface area contributed by atoms with E-state index in [0.717, 1.165) is 21.4 Å². The molecule has 6 heteroatoms. The van der Waals surface area contributed by atoms with Crippen molar-refractivity contribution in [3.8, 4) is 0 Å². The SMILES string of the molecule is Nc1ccc2sc(C(=O)OC(F)F)cc2c1. The number of alkyl halides is 2. The Balaban J connectivity index is 2.36. The highest BCUT2D eigenvalue weighted by Gasteiger charge is 2.16. The number of carbonyl (C=O) groups is 1. The number of nitrogen functional groups attached to an aromatic ring is 1. The van der Waals surface area contributed by atoms with E-state index in [-0.39, 0.29) is 4.88 Å². The van der Waals surface area contributed by atoms with Gasteiger partial charge in [0.05, 0.1) is 0 Å². The molecule has 1 aromatic carbocycles. The minimum absolute atomic E-state index is 0.140. The lowest BCUT2D eigenvalue weighted by atomic mass is 10.2. The van der Waals surface area contributed by atoms with E-state index in [0.29, 0.717) is 5.69 Å². The van der Waals surface area contributed by atoms with E-state index in [1.54, 1.807) is 18.2 Å². The molecule has 2 N–H and O–H groups in total. The fraction of sp³-hybridized carbons (Fsp3) is 0.100. The van der Waals surface area contributed by atoms with E-state index in [1.165, 1.54) is 6.07 Å². The van der Waals surface area contributed by atoms with Gasteiger partial charge in [-0.15, -0.1) is 11.3 Å². The minimum atomic E-state index is -3.09. The van der Waals surface area contributed by atoms with Gasteiger partial charge in [0.2, 0.25) is 0 Å². The monoisotopic (exact) mass is 243 g/mol. The lowest BCUT2D eigenvalue weighted by molar-refractivity contribution is -0.0903. The van der Waals surface area contributed by atoms with Crippen molar-refractivity contribution in [2.75, 3.05) is 5.73 Å². The number of ether oxygens (including phenoxy) is 1. The maximum Gasteiger partial charge on any atom is 0.389 e. The van der Waals surface area contributed by atoms with Crippen molar-refractivity contribution >= 4 is 33.1 Å². The van der Waals surface area contributed by atoms with E-state index in [1.807, 2.05) is 0 Å². The summed E-state index contributed by atoms with van der Waals surface area (Å²) in [6.45, 7) is -3.09. The van der Waals surface area contributed by atoms with Crippen LogP contribution in [0.15, 0.2) is 24.3 Å². The highest BCUT2D eigenvalue weighted by Crippen LogP contribution is 2.28. The van der Waals surface area contributed by atoms with Gasteiger partial charge in [0.25, 0.3) is 0 Å². The minimum Gasteiger partial charge on any atom is -0.399 e. The van der Waals surface area contributed by atoms with Crippen LogP contribution in [-0.2, 0) is 4.74 Å². The molecular formula is C10H7F2NO2S. The molecule has 0 aliphatic carbocycles. The van der Waals surface area contributed by atoms with Gasteiger partial charge < -0.3 is 10.5 Å². The fourth-order valence-corrected chi connectivity index (χ4v) is 2.23. The quantitative estimate of drug-likeness (QED) is 0.651. The van der Waals surface area contributed by atoms with Gasteiger partial charge in [-0.25, -0.2) is 4.79 Å². The molecule has 1 heterocycles. The summed E-state index contributed by atoms with van der Waals surface area (Å²) in [5.41, 5.74) is 6.11. The zero-order valence-electron chi connectivity index (χ0n) is 7.94. The van der Waals surface area contributed by atoms with Crippen LogP contribution in [0.3, 0.4) is 0 Å². The molecule has 16 heavy (non-hydrogen) atoms. The molecular weight excluding hydrogens is 236 g/mol. The summed E-state index contributed by atoms with van der Waals surface area (Å²) in [4.78, 5) is 11.3. The van der Waals surface area contributed by atoms with Gasteiger partial charge in [-0.3, -0.25) is 0 Å². The smallest absolute Gasteiger partial charge is 0.389 e. The van der Waals surface area contributed by atoms with Crippen LogP contribution in [0.4, 0.5) is 14.5 Å². The zero-order chi connectivity index (χ0) is 11.7. The Labute approximate surface area is 93.4 Å². The van der Waals surface area contributed by atoms with E-state index in [2.05, 4.69) is 4.74 Å². The predicted molar refractivity (Wildman–Crippen MR) is 57.7 cm³/mol. The topological polar surface area (TPSA) is 52.3 Å². The Morgan fingerprint density at radius 1 is 1.38 bits per heavy atom. The maximum absolute atomic E-state index is 11.8. The molecule has 0 aliphatic rings. The highest BCUT2D eigenvalue weighted by atomic mass is 32.1. The second-order valence-electron chi connectivity index (χ2n) is 3.07. The van der Waals surface area contributed by atoms with E-state index >= 15 is 0 Å². The second kappa shape index (κ2) is 4.05. The fourth-order valence-electron chi connectivity index (χ4n) is 1.30. The van der Waals surface area contributed by atoms with Gasteiger partial charge in [-0.1, -0.05) is 0 Å². The molecule has 0 unspecified atom stereocenters. The van der Waals surface area contributed by atoms with Crippen molar-refractivity contribution in [3.63, 3.8) is 0 Å². The summed E-state index contributed by atoms with van der Waals surface area (Å²) in [5, 5.41) is 0.742. The molecule has 0 amide bonds. The maximum atomic E-state index is 11.8. The summed E-state index contributed by atoms with van der Waals surface area (Å²) >= 11 is 1.09. The van der Waals surface area contributed by atoms with Crippen LogP contribution in [0, 0.1) is 0 Å². The van der Waals surface area contributed by atoms with Crippen LogP contribution in [0.1, 0.15) is 9.67 Å². The molecule has 0 aliphatic heterocycles. The molecule has 0 spiro atoms. The Bertz CT molecular complexity index is 539. The third kappa shape index (κ3) is 2.11. The highest BCUT2D eigenvalue weighted by molar-refractivity contribution is 7.20. The number of nitrogens with two attached hydrogens (primary N) is 1. The summed E-state index contributed by atoms with van der Waals surface area (Å²) in [6.07, 6.45) is 0. The van der Waals surface area contributed by atoms with Crippen LogP contribution in [0.2, 0.25) is 0 Å². The number of rotatable bonds is 2.